The Balaban J connectivity index is 1.23. The Hall–Kier alpha value is -5.33. The third-order valence-corrected chi connectivity index (χ3v) is 12.8. The molecule has 0 radical (unpaired) electrons. The molecule has 5 unspecified atom stereocenters. The van der Waals surface area contributed by atoms with Crippen LogP contribution < -0.4 is 4.74 Å². The summed E-state index contributed by atoms with van der Waals surface area (Å²) in [7, 11) is 1.65. The highest BCUT2D eigenvalue weighted by molar-refractivity contribution is 5.27. The number of allylic oxidation sites excluding steroid dienone is 1. The fraction of sp³-hybridized carbons (Fsp3) is 0.467. The van der Waals surface area contributed by atoms with Gasteiger partial charge in [0.2, 0.25) is 0 Å². The van der Waals surface area contributed by atoms with E-state index in [-0.39, 0.29) is 26.4 Å². The zero-order valence-corrected chi connectivity index (χ0v) is 42.1. The molecule has 1 aliphatic rings. The first-order valence-electron chi connectivity index (χ1n) is 25.9. The Bertz CT molecular complexity index is 2200. The first-order chi connectivity index (χ1) is 35.1. The average molecular weight is 968 g/mol. The Morgan fingerprint density at radius 1 is 0.549 bits per heavy atom. The molecule has 1 aliphatic heterocycles. The molecule has 11 heteroatoms. The van der Waals surface area contributed by atoms with Crippen molar-refractivity contribution in [2.75, 3.05) is 20.3 Å². The maximum absolute atomic E-state index is 10.1. The average Bonchev–Trinajstić information content (AvgIpc) is 3.42. The zero-order chi connectivity index (χ0) is 49.4. The van der Waals surface area contributed by atoms with Gasteiger partial charge in [-0.25, -0.2) is 0 Å². The molecular formula is C60H77N3O8. The molecule has 71 heavy (non-hydrogen) atoms. The number of methoxy groups -OCH3 is 1. The van der Waals surface area contributed by atoms with Gasteiger partial charge in [0.05, 0.1) is 65.5 Å². The van der Waals surface area contributed by atoms with Crippen molar-refractivity contribution in [2.24, 2.45) is 5.11 Å². The summed E-state index contributed by atoms with van der Waals surface area (Å²) in [5, 5.41) is 4.30. The monoisotopic (exact) mass is 968 g/mol. The van der Waals surface area contributed by atoms with Crippen LogP contribution in [0.5, 0.6) is 5.75 Å². The Morgan fingerprint density at radius 2 is 1.03 bits per heavy atom. The van der Waals surface area contributed by atoms with E-state index in [0.29, 0.717) is 19.8 Å². The van der Waals surface area contributed by atoms with E-state index in [2.05, 4.69) is 23.0 Å². The van der Waals surface area contributed by atoms with Gasteiger partial charge in [0.15, 0.2) is 6.29 Å². The van der Waals surface area contributed by atoms with E-state index in [9.17, 15) is 5.53 Å². The Morgan fingerprint density at radius 3 is 1.55 bits per heavy atom. The molecule has 11 nitrogen and oxygen atoms in total. The van der Waals surface area contributed by atoms with Gasteiger partial charge in [-0.15, -0.1) is 0 Å². The molecule has 1 saturated heterocycles. The van der Waals surface area contributed by atoms with E-state index in [1.807, 2.05) is 152 Å². The summed E-state index contributed by atoms with van der Waals surface area (Å²) in [5.41, 5.74) is 15.0. The normalized spacial score (nSPS) is 18.8. The third kappa shape index (κ3) is 20.4. The predicted molar refractivity (Wildman–Crippen MR) is 280 cm³/mol. The van der Waals surface area contributed by atoms with Crippen LogP contribution in [-0.4, -0.2) is 63.2 Å². The second-order valence-corrected chi connectivity index (χ2v) is 18.3. The van der Waals surface area contributed by atoms with Gasteiger partial charge in [0.1, 0.15) is 30.2 Å². The van der Waals surface area contributed by atoms with Crippen molar-refractivity contribution in [3.63, 3.8) is 0 Å². The minimum atomic E-state index is -0.986. The summed E-state index contributed by atoms with van der Waals surface area (Å²) in [6.07, 6.45) is 14.8. The summed E-state index contributed by atoms with van der Waals surface area (Å²) in [6, 6.07) is 47.2. The van der Waals surface area contributed by atoms with E-state index in [1.165, 1.54) is 64.2 Å². The van der Waals surface area contributed by atoms with Crippen LogP contribution in [0.15, 0.2) is 163 Å². The number of hydrogen-bond acceptors (Lipinski definition) is 9. The minimum absolute atomic E-state index is 0.0332. The quantitative estimate of drug-likeness (QED) is 0.0129. The van der Waals surface area contributed by atoms with Crippen LogP contribution in [0.4, 0.5) is 0 Å². The van der Waals surface area contributed by atoms with Crippen LogP contribution in [-0.2, 0) is 66.2 Å². The lowest BCUT2D eigenvalue weighted by Crippen LogP contribution is -2.62. The van der Waals surface area contributed by atoms with Gasteiger partial charge in [0.25, 0.3) is 0 Å². The van der Waals surface area contributed by atoms with Crippen molar-refractivity contribution >= 4 is 0 Å². The van der Waals surface area contributed by atoms with E-state index in [1.54, 1.807) is 7.11 Å². The molecule has 0 bridgehead atoms. The summed E-state index contributed by atoms with van der Waals surface area (Å²) < 4.78 is 52.9. The maximum atomic E-state index is 10.1. The van der Waals surface area contributed by atoms with Crippen molar-refractivity contribution in [3.8, 4) is 5.75 Å². The minimum Gasteiger partial charge on any atom is -0.497 e. The SMILES string of the molecule is CCCCCCCCCCCCCC=C[C@@H](OCc1ccc(OC)cc1)[C@H](COC1OC(COCc2ccccc2)C(OCc2ccccc2)C(OCc2ccccc2)C1OCc1ccccc1)N=[N+]=[N-]. The molecule has 6 rings (SSSR count). The number of unbranched alkanes of at least 4 members (excludes halogenated alkanes) is 11. The summed E-state index contributed by atoms with van der Waals surface area (Å²) >= 11 is 0. The van der Waals surface area contributed by atoms with Gasteiger partial charge in [-0.3, -0.25) is 0 Å². The van der Waals surface area contributed by atoms with Crippen molar-refractivity contribution in [3.05, 3.63) is 196 Å². The Labute approximate surface area is 423 Å². The molecule has 7 atom stereocenters. The third-order valence-electron chi connectivity index (χ3n) is 12.8. The van der Waals surface area contributed by atoms with E-state index >= 15 is 0 Å². The van der Waals surface area contributed by atoms with E-state index in [0.717, 1.165) is 46.4 Å². The fourth-order valence-electron chi connectivity index (χ4n) is 8.70. The number of rotatable bonds is 35. The molecule has 5 aromatic rings. The zero-order valence-electron chi connectivity index (χ0n) is 42.1. The van der Waals surface area contributed by atoms with Crippen LogP contribution >= 0.6 is 0 Å². The molecule has 0 N–H and O–H groups in total. The molecule has 1 heterocycles. The maximum Gasteiger partial charge on any atom is 0.186 e. The van der Waals surface area contributed by atoms with Crippen LogP contribution in [0, 0.1) is 0 Å². The van der Waals surface area contributed by atoms with E-state index in [4.69, 9.17) is 37.9 Å². The van der Waals surface area contributed by atoms with Crippen molar-refractivity contribution < 1.29 is 37.9 Å². The standard InChI is InChI=1S/C60H77N3O8/c1-3-4-5-6-7-8-9-10-11-12-13-14-27-36-55(66-42-52-37-39-53(64-2)40-38-52)54(62-63-61)46-70-60-59(69-45-51-34-25-18-26-35-51)58(68-44-50-32-23-17-24-33-50)57(67-43-49-30-21-16-22-31-49)56(71-60)47-65-41-48-28-19-15-20-29-48/h15-40,54-60H,3-14,41-47H2,1-2H3/t54-,55+,56?,57?,58?,59?,60?/m0/s1. The van der Waals surface area contributed by atoms with Gasteiger partial charge in [-0.05, 0) is 58.3 Å². The second kappa shape index (κ2) is 33.3. The van der Waals surface area contributed by atoms with Crippen LogP contribution in [0.3, 0.4) is 0 Å². The first kappa shape index (κ1) is 55.0. The first-order valence-corrected chi connectivity index (χ1v) is 25.9. The molecular weight excluding hydrogens is 891 g/mol. The predicted octanol–water partition coefficient (Wildman–Crippen LogP) is 14.2. The molecule has 0 saturated carbocycles. The molecule has 0 aliphatic carbocycles. The smallest absolute Gasteiger partial charge is 0.186 e. The van der Waals surface area contributed by atoms with Crippen LogP contribution in [0.2, 0.25) is 0 Å². The molecule has 1 fully saturated rings. The lowest BCUT2D eigenvalue weighted by Gasteiger charge is -2.46. The van der Waals surface area contributed by atoms with Crippen LogP contribution in [0.1, 0.15) is 112 Å². The number of hydrogen-bond donors (Lipinski definition) is 0. The lowest BCUT2D eigenvalue weighted by molar-refractivity contribution is -0.329. The van der Waals surface area contributed by atoms with Crippen molar-refractivity contribution in [1.29, 1.82) is 0 Å². The number of azide groups is 1. The van der Waals surface area contributed by atoms with Crippen molar-refractivity contribution in [1.82, 2.24) is 0 Å². The summed E-state index contributed by atoms with van der Waals surface area (Å²) in [4.78, 5) is 3.31. The Kier molecular flexibility index (Phi) is 25.8. The molecule has 0 amide bonds. The topological polar surface area (TPSA) is 123 Å². The molecule has 0 spiro atoms. The van der Waals surface area contributed by atoms with Gasteiger partial charge in [0, 0.05) is 4.91 Å². The summed E-state index contributed by atoms with van der Waals surface area (Å²) in [5.74, 6) is 0.761. The lowest BCUT2D eigenvalue weighted by atomic mass is 9.97. The fourth-order valence-corrected chi connectivity index (χ4v) is 8.70. The highest BCUT2D eigenvalue weighted by Crippen LogP contribution is 2.32. The number of nitrogens with zero attached hydrogens (tertiary/aromatic N) is 3. The van der Waals surface area contributed by atoms with Crippen LogP contribution in [0.25, 0.3) is 10.4 Å². The highest BCUT2D eigenvalue weighted by Gasteiger charge is 2.49. The number of ether oxygens (including phenoxy) is 8. The largest absolute Gasteiger partial charge is 0.497 e. The van der Waals surface area contributed by atoms with Gasteiger partial charge in [-0.1, -0.05) is 222 Å². The van der Waals surface area contributed by atoms with Gasteiger partial charge < -0.3 is 37.9 Å². The highest BCUT2D eigenvalue weighted by atomic mass is 16.7. The molecule has 380 valence electrons. The van der Waals surface area contributed by atoms with E-state index < -0.39 is 42.9 Å². The molecule has 0 aromatic heterocycles. The van der Waals surface area contributed by atoms with Crippen molar-refractivity contribution in [2.45, 2.75) is 160 Å². The number of benzene rings is 5. The van der Waals surface area contributed by atoms with Gasteiger partial charge in [-0.2, -0.15) is 0 Å². The summed E-state index contributed by atoms with van der Waals surface area (Å²) in [6.45, 7) is 3.93. The second-order valence-electron chi connectivity index (χ2n) is 18.3. The van der Waals surface area contributed by atoms with Gasteiger partial charge >= 0.3 is 0 Å². The molecule has 5 aromatic carbocycles.